The first-order chi connectivity index (χ1) is 11.4. The Balaban J connectivity index is 1.70. The van der Waals surface area contributed by atoms with Gasteiger partial charge in [0.15, 0.2) is 0 Å². The zero-order valence-electron chi connectivity index (χ0n) is 14.5. The number of ether oxygens (including phenoxy) is 1. The zero-order valence-corrected chi connectivity index (χ0v) is 14.5. The first-order valence-corrected chi connectivity index (χ1v) is 8.54. The molecule has 1 unspecified atom stereocenters. The maximum absolute atomic E-state index is 14.1. The molecule has 1 aromatic rings. The second-order valence-electron chi connectivity index (χ2n) is 7.36. The number of hydrogen-bond donors (Lipinski definition) is 0. The number of esters is 1. The van der Waals surface area contributed by atoms with Crippen LogP contribution >= 0.6 is 0 Å². The Morgan fingerprint density at radius 1 is 1.33 bits per heavy atom. The van der Waals surface area contributed by atoms with Gasteiger partial charge in [-0.2, -0.15) is 0 Å². The highest BCUT2D eigenvalue weighted by molar-refractivity contribution is 5.89. The van der Waals surface area contributed by atoms with Crippen LogP contribution in [0.4, 0.5) is 4.39 Å². The molecule has 24 heavy (non-hydrogen) atoms. The standard InChI is InChI=1S/C19H24FNO3/c1-12-10-14(6-9-21(12)18(23)19(2)7-8-19)13-4-5-15(16(20)11-13)17(22)24-3/h4-5,11-12,14H,6-10H2,1-3H3/t12-,14?/m1/s1. The largest absolute Gasteiger partial charge is 0.465 e. The van der Waals surface area contributed by atoms with Gasteiger partial charge in [-0.1, -0.05) is 13.0 Å². The highest BCUT2D eigenvalue weighted by atomic mass is 19.1. The molecule has 1 aliphatic carbocycles. The quantitative estimate of drug-likeness (QED) is 0.795. The van der Waals surface area contributed by atoms with Crippen LogP contribution < -0.4 is 0 Å². The molecule has 3 rings (SSSR count). The van der Waals surface area contributed by atoms with Crippen LogP contribution in [0.2, 0.25) is 0 Å². The summed E-state index contributed by atoms with van der Waals surface area (Å²) in [7, 11) is 1.24. The van der Waals surface area contributed by atoms with Gasteiger partial charge in [0.2, 0.25) is 5.91 Å². The molecule has 1 heterocycles. The van der Waals surface area contributed by atoms with Crippen LogP contribution in [0.15, 0.2) is 18.2 Å². The summed E-state index contributed by atoms with van der Waals surface area (Å²) in [6.07, 6.45) is 3.61. The fourth-order valence-electron chi connectivity index (χ4n) is 3.59. The second kappa shape index (κ2) is 6.19. The Morgan fingerprint density at radius 2 is 2.04 bits per heavy atom. The number of carbonyl (C=O) groups is 2. The number of halogens is 1. The number of methoxy groups -OCH3 is 1. The Hall–Kier alpha value is -1.91. The number of likely N-dealkylation sites (tertiary alicyclic amines) is 1. The SMILES string of the molecule is COC(=O)c1ccc(C2CCN(C(=O)C3(C)CC3)[C@H](C)C2)cc1F. The number of nitrogens with zero attached hydrogens (tertiary/aromatic N) is 1. The molecule has 0 radical (unpaired) electrons. The first-order valence-electron chi connectivity index (χ1n) is 8.54. The van der Waals surface area contributed by atoms with Gasteiger partial charge in [-0.15, -0.1) is 0 Å². The molecule has 1 amide bonds. The van der Waals surface area contributed by atoms with Gasteiger partial charge >= 0.3 is 5.97 Å². The topological polar surface area (TPSA) is 46.6 Å². The van der Waals surface area contributed by atoms with Crippen LogP contribution in [0.1, 0.15) is 61.4 Å². The lowest BCUT2D eigenvalue weighted by Crippen LogP contribution is -2.46. The van der Waals surface area contributed by atoms with Crippen molar-refractivity contribution >= 4 is 11.9 Å². The molecular formula is C19H24FNO3. The van der Waals surface area contributed by atoms with E-state index in [9.17, 15) is 14.0 Å². The van der Waals surface area contributed by atoms with Gasteiger partial charge < -0.3 is 9.64 Å². The van der Waals surface area contributed by atoms with Gasteiger partial charge in [-0.05, 0) is 56.2 Å². The summed E-state index contributed by atoms with van der Waals surface area (Å²) in [6, 6.07) is 4.87. The van der Waals surface area contributed by atoms with Crippen molar-refractivity contribution < 1.29 is 18.7 Å². The van der Waals surface area contributed by atoms with Crippen molar-refractivity contribution in [2.24, 2.45) is 5.41 Å². The lowest BCUT2D eigenvalue weighted by Gasteiger charge is -2.39. The summed E-state index contributed by atoms with van der Waals surface area (Å²) in [5.74, 6) is -0.737. The van der Waals surface area contributed by atoms with E-state index < -0.39 is 11.8 Å². The number of benzene rings is 1. The molecule has 0 aromatic heterocycles. The van der Waals surface area contributed by atoms with E-state index in [1.54, 1.807) is 6.07 Å². The van der Waals surface area contributed by atoms with Crippen molar-refractivity contribution in [3.63, 3.8) is 0 Å². The van der Waals surface area contributed by atoms with Gasteiger partial charge in [0.05, 0.1) is 12.7 Å². The number of rotatable bonds is 3. The van der Waals surface area contributed by atoms with Crippen molar-refractivity contribution in [3.05, 3.63) is 35.1 Å². The van der Waals surface area contributed by atoms with Crippen LogP contribution in [-0.2, 0) is 9.53 Å². The van der Waals surface area contributed by atoms with Crippen LogP contribution in [0.25, 0.3) is 0 Å². The van der Waals surface area contributed by atoms with E-state index in [0.29, 0.717) is 6.54 Å². The average Bonchev–Trinajstić information content (AvgIpc) is 3.32. The minimum Gasteiger partial charge on any atom is -0.465 e. The van der Waals surface area contributed by atoms with Gasteiger partial charge in [-0.3, -0.25) is 4.79 Å². The van der Waals surface area contributed by atoms with Gasteiger partial charge in [0.1, 0.15) is 5.82 Å². The molecule has 0 N–H and O–H groups in total. The van der Waals surface area contributed by atoms with E-state index in [2.05, 4.69) is 11.7 Å². The fourth-order valence-corrected chi connectivity index (χ4v) is 3.59. The second-order valence-corrected chi connectivity index (χ2v) is 7.36. The van der Waals surface area contributed by atoms with E-state index in [4.69, 9.17) is 0 Å². The summed E-state index contributed by atoms with van der Waals surface area (Å²) in [4.78, 5) is 26.0. The van der Waals surface area contributed by atoms with Crippen LogP contribution in [-0.4, -0.2) is 36.5 Å². The Morgan fingerprint density at radius 3 is 2.58 bits per heavy atom. The summed E-state index contributed by atoms with van der Waals surface area (Å²) in [5, 5.41) is 0. The smallest absolute Gasteiger partial charge is 0.340 e. The minimum absolute atomic E-state index is 0.0384. The van der Waals surface area contributed by atoms with Crippen LogP contribution in [0.5, 0.6) is 0 Å². The summed E-state index contributed by atoms with van der Waals surface area (Å²) < 4.78 is 18.7. The van der Waals surface area contributed by atoms with Gasteiger partial charge in [0, 0.05) is 18.0 Å². The fraction of sp³-hybridized carbons (Fsp3) is 0.579. The van der Waals surface area contributed by atoms with E-state index in [1.165, 1.54) is 19.2 Å². The molecule has 4 nitrogen and oxygen atoms in total. The van der Waals surface area contributed by atoms with E-state index >= 15 is 0 Å². The highest BCUT2D eigenvalue weighted by Crippen LogP contribution is 2.48. The van der Waals surface area contributed by atoms with Crippen LogP contribution in [0, 0.1) is 11.2 Å². The van der Waals surface area contributed by atoms with E-state index in [1.807, 2.05) is 11.8 Å². The Kier molecular flexibility index (Phi) is 4.37. The molecule has 2 aliphatic rings. The molecule has 2 fully saturated rings. The zero-order chi connectivity index (χ0) is 17.5. The Bertz CT molecular complexity index is 669. The molecule has 0 bridgehead atoms. The normalized spacial score (nSPS) is 25.2. The number of hydrogen-bond acceptors (Lipinski definition) is 3. The maximum atomic E-state index is 14.1. The molecule has 1 aliphatic heterocycles. The van der Waals surface area contributed by atoms with Crippen molar-refractivity contribution in [2.45, 2.75) is 51.5 Å². The predicted molar refractivity (Wildman–Crippen MR) is 88.2 cm³/mol. The lowest BCUT2D eigenvalue weighted by atomic mass is 9.84. The molecule has 0 spiro atoms. The molecular weight excluding hydrogens is 309 g/mol. The minimum atomic E-state index is -0.662. The van der Waals surface area contributed by atoms with E-state index in [0.717, 1.165) is 31.2 Å². The lowest BCUT2D eigenvalue weighted by molar-refractivity contribution is -0.140. The number of piperidine rings is 1. The summed E-state index contributed by atoms with van der Waals surface area (Å²) in [5.41, 5.74) is 0.704. The molecule has 1 saturated heterocycles. The van der Waals surface area contributed by atoms with E-state index in [-0.39, 0.29) is 28.8 Å². The third kappa shape index (κ3) is 3.04. The maximum Gasteiger partial charge on any atom is 0.340 e. The predicted octanol–water partition coefficient (Wildman–Crippen LogP) is 3.51. The molecule has 130 valence electrons. The third-order valence-corrected chi connectivity index (χ3v) is 5.52. The monoisotopic (exact) mass is 333 g/mol. The molecule has 1 saturated carbocycles. The first kappa shape index (κ1) is 16.9. The van der Waals surface area contributed by atoms with Gasteiger partial charge in [-0.25, -0.2) is 9.18 Å². The van der Waals surface area contributed by atoms with Crippen molar-refractivity contribution in [1.29, 1.82) is 0 Å². The average molecular weight is 333 g/mol. The van der Waals surface area contributed by atoms with Gasteiger partial charge in [0.25, 0.3) is 0 Å². The summed E-state index contributed by atoms with van der Waals surface area (Å²) >= 11 is 0. The number of amides is 1. The van der Waals surface area contributed by atoms with Crippen molar-refractivity contribution in [1.82, 2.24) is 4.90 Å². The van der Waals surface area contributed by atoms with Crippen LogP contribution in [0.3, 0.4) is 0 Å². The molecule has 1 aromatic carbocycles. The molecule has 5 heteroatoms. The highest BCUT2D eigenvalue weighted by Gasteiger charge is 2.48. The third-order valence-electron chi connectivity index (χ3n) is 5.52. The summed E-state index contributed by atoms with van der Waals surface area (Å²) in [6.45, 7) is 4.81. The van der Waals surface area contributed by atoms with Crippen molar-refractivity contribution in [2.75, 3.05) is 13.7 Å². The molecule has 2 atom stereocenters. The Labute approximate surface area is 142 Å². The number of carbonyl (C=O) groups excluding carboxylic acids is 2. The van der Waals surface area contributed by atoms with Crippen molar-refractivity contribution in [3.8, 4) is 0 Å².